The van der Waals surface area contributed by atoms with Crippen molar-refractivity contribution in [2.75, 3.05) is 0 Å². The summed E-state index contributed by atoms with van der Waals surface area (Å²) in [5.41, 5.74) is -9.77. The van der Waals surface area contributed by atoms with Gasteiger partial charge in [-0.1, -0.05) is 0 Å². The summed E-state index contributed by atoms with van der Waals surface area (Å²) in [5.74, 6) is -67.8. The molecule has 0 aliphatic heterocycles. The number of hydrogen-bond donors (Lipinski definition) is 0. The van der Waals surface area contributed by atoms with Crippen molar-refractivity contribution in [2.24, 2.45) is 0 Å². The molecular weight excluding hydrogens is 486 g/mol. The van der Waals surface area contributed by atoms with Gasteiger partial charge in [0, 0.05) is 0 Å². The van der Waals surface area contributed by atoms with Crippen molar-refractivity contribution in [3.05, 3.63) is 22.8 Å². The topological polar surface area (TPSA) is 0 Å². The molecule has 0 fully saturated rings. The van der Waals surface area contributed by atoms with Gasteiger partial charge in [0.1, 0.15) is 11.1 Å². The first kappa shape index (κ1) is 24.5. The Morgan fingerprint density at radius 3 is 0.733 bits per heavy atom. The quantitative estimate of drug-likeness (QED) is 0.398. The Balaban J connectivity index is 2.87. The minimum absolute atomic E-state index is 4.69. The molecule has 0 N–H and O–H groups in total. The Labute approximate surface area is 150 Å². The summed E-state index contributed by atoms with van der Waals surface area (Å²) in [7, 11) is 0. The Kier molecular flexibility index (Phi) is 4.51. The van der Waals surface area contributed by atoms with Crippen molar-refractivity contribution in [1.82, 2.24) is 0 Å². The number of halogens is 18. The fourth-order valence-corrected chi connectivity index (χ4v) is 2.56. The molecule has 0 amide bonds. The molecule has 18 heteroatoms. The molecule has 0 aromatic carbocycles. The van der Waals surface area contributed by atoms with Crippen molar-refractivity contribution < 1.29 is 79.0 Å². The minimum atomic E-state index is -7.75. The van der Waals surface area contributed by atoms with Crippen LogP contribution < -0.4 is 0 Å². The van der Waals surface area contributed by atoms with Gasteiger partial charge in [-0.15, -0.1) is 0 Å². The van der Waals surface area contributed by atoms with Crippen LogP contribution in [0, 0.1) is 0 Å². The fourth-order valence-electron chi connectivity index (χ4n) is 2.56. The van der Waals surface area contributed by atoms with Crippen molar-refractivity contribution in [3.63, 3.8) is 0 Å². The number of hydrogen-bond acceptors (Lipinski definition) is 0. The zero-order valence-electron chi connectivity index (χ0n) is 12.8. The maximum atomic E-state index is 13.8. The third-order valence-electron chi connectivity index (χ3n) is 4.22. The smallest absolute Gasteiger partial charge is 0.204 e. The molecule has 0 radical (unpaired) electrons. The Hall–Kier alpha value is -1.78. The van der Waals surface area contributed by atoms with Crippen LogP contribution in [0.2, 0.25) is 0 Å². The zero-order chi connectivity index (χ0) is 24.3. The van der Waals surface area contributed by atoms with Crippen LogP contribution in [-0.2, 0) is 0 Å². The largest absolute Gasteiger partial charge is 0.383 e. The van der Waals surface area contributed by atoms with Crippen LogP contribution in [-0.4, -0.2) is 47.4 Å². The first-order valence-corrected chi connectivity index (χ1v) is 6.65. The molecule has 174 valence electrons. The van der Waals surface area contributed by atoms with Crippen LogP contribution in [0.15, 0.2) is 22.8 Å². The van der Waals surface area contributed by atoms with E-state index in [1.165, 1.54) is 0 Å². The van der Waals surface area contributed by atoms with Gasteiger partial charge in [-0.05, 0) is 0 Å². The van der Waals surface area contributed by atoms with Gasteiger partial charge in [0.25, 0.3) is 0 Å². The average molecular weight is 486 g/mol. The van der Waals surface area contributed by atoms with E-state index in [0.717, 1.165) is 0 Å². The van der Waals surface area contributed by atoms with Gasteiger partial charge in [0.05, 0.1) is 0 Å². The molecular formula is C12F18. The van der Waals surface area contributed by atoms with Gasteiger partial charge < -0.3 is 0 Å². The first-order chi connectivity index (χ1) is 12.8. The molecule has 2 aliphatic carbocycles. The van der Waals surface area contributed by atoms with Crippen LogP contribution in [0.1, 0.15) is 0 Å². The van der Waals surface area contributed by atoms with Gasteiger partial charge in [-0.3, -0.25) is 0 Å². The van der Waals surface area contributed by atoms with Crippen molar-refractivity contribution >= 4 is 0 Å². The van der Waals surface area contributed by atoms with Crippen molar-refractivity contribution in [2.45, 2.75) is 47.4 Å². The van der Waals surface area contributed by atoms with Crippen LogP contribution >= 0.6 is 0 Å². The van der Waals surface area contributed by atoms with Gasteiger partial charge in [0.2, 0.25) is 0 Å². The summed E-state index contributed by atoms with van der Waals surface area (Å²) in [4.78, 5) is 0. The summed E-state index contributed by atoms with van der Waals surface area (Å²) < 4.78 is 238. The molecule has 0 aromatic heterocycles. The van der Waals surface area contributed by atoms with E-state index in [9.17, 15) is 79.0 Å². The second-order valence-corrected chi connectivity index (χ2v) is 5.97. The van der Waals surface area contributed by atoms with Gasteiger partial charge in [0.15, 0.2) is 11.7 Å². The van der Waals surface area contributed by atoms with E-state index in [-0.39, 0.29) is 0 Å². The number of alkyl halides is 16. The normalized spacial score (nSPS) is 29.0. The lowest BCUT2D eigenvalue weighted by molar-refractivity contribution is -0.286. The Bertz CT molecular complexity index is 769. The van der Waals surface area contributed by atoms with Gasteiger partial charge >= 0.3 is 47.4 Å². The Morgan fingerprint density at radius 2 is 0.600 bits per heavy atom. The Morgan fingerprint density at radius 1 is 0.400 bits per heavy atom. The van der Waals surface area contributed by atoms with Crippen LogP contribution in [0.3, 0.4) is 0 Å². The fraction of sp³-hybridized carbons (Fsp3) is 0.667. The molecule has 30 heavy (non-hydrogen) atoms. The first-order valence-electron chi connectivity index (χ1n) is 6.65. The summed E-state index contributed by atoms with van der Waals surface area (Å²) >= 11 is 0. The zero-order valence-corrected chi connectivity index (χ0v) is 12.8. The molecule has 0 saturated heterocycles. The second kappa shape index (κ2) is 5.52. The molecule has 0 saturated carbocycles. The average Bonchev–Trinajstić information content (AvgIpc) is 2.67. The highest BCUT2D eigenvalue weighted by Gasteiger charge is 2.91. The summed E-state index contributed by atoms with van der Waals surface area (Å²) in [6.45, 7) is 0. The van der Waals surface area contributed by atoms with Crippen LogP contribution in [0.4, 0.5) is 79.0 Å². The van der Waals surface area contributed by atoms with Crippen LogP contribution in [0.25, 0.3) is 0 Å². The lowest BCUT2D eigenvalue weighted by atomic mass is 9.90. The highest BCUT2D eigenvalue weighted by atomic mass is 19.4. The highest BCUT2D eigenvalue weighted by Crippen LogP contribution is 2.69. The standard InChI is InChI=1S/C12F18/c13-3-1(7(19,20)11(27,28)9(3,23)24)5(15,16)6(17,18)2-4(14)10(25,26)12(29,30)8(2,21)22. The van der Waals surface area contributed by atoms with E-state index in [1.807, 2.05) is 0 Å². The number of allylic oxidation sites excluding steroid dienone is 4. The summed E-state index contributed by atoms with van der Waals surface area (Å²) in [6, 6.07) is 0. The van der Waals surface area contributed by atoms with Crippen LogP contribution in [0.5, 0.6) is 0 Å². The molecule has 0 nitrogen and oxygen atoms in total. The molecule has 2 aliphatic rings. The summed E-state index contributed by atoms with van der Waals surface area (Å²) in [5, 5.41) is 0. The highest BCUT2D eigenvalue weighted by molar-refractivity contribution is 5.49. The monoisotopic (exact) mass is 486 g/mol. The van der Waals surface area contributed by atoms with Crippen molar-refractivity contribution in [1.29, 1.82) is 0 Å². The molecule has 0 spiro atoms. The molecule has 0 aromatic rings. The molecule has 0 heterocycles. The maximum absolute atomic E-state index is 13.8. The van der Waals surface area contributed by atoms with E-state index >= 15 is 0 Å². The molecule has 0 bridgehead atoms. The van der Waals surface area contributed by atoms with Gasteiger partial charge in [-0.25, -0.2) is 8.78 Å². The number of rotatable bonds is 3. The van der Waals surface area contributed by atoms with E-state index < -0.39 is 70.2 Å². The predicted molar refractivity (Wildman–Crippen MR) is 55.8 cm³/mol. The van der Waals surface area contributed by atoms with E-state index in [2.05, 4.69) is 0 Å². The third kappa shape index (κ3) is 2.19. The van der Waals surface area contributed by atoms with Gasteiger partial charge in [-0.2, -0.15) is 70.2 Å². The predicted octanol–water partition coefficient (Wildman–Crippen LogP) is 6.54. The van der Waals surface area contributed by atoms with E-state index in [0.29, 0.717) is 0 Å². The third-order valence-corrected chi connectivity index (χ3v) is 4.22. The molecule has 0 atom stereocenters. The van der Waals surface area contributed by atoms with E-state index in [4.69, 9.17) is 0 Å². The molecule has 0 unspecified atom stereocenters. The maximum Gasteiger partial charge on any atom is 0.383 e. The van der Waals surface area contributed by atoms with E-state index in [1.54, 1.807) is 0 Å². The lowest BCUT2D eigenvalue weighted by Crippen LogP contribution is -2.57. The molecule has 2 rings (SSSR count). The second-order valence-electron chi connectivity index (χ2n) is 5.97. The van der Waals surface area contributed by atoms with Crippen molar-refractivity contribution in [3.8, 4) is 0 Å². The lowest BCUT2D eigenvalue weighted by Gasteiger charge is -2.34. The summed E-state index contributed by atoms with van der Waals surface area (Å²) in [6.07, 6.45) is 0. The SMILES string of the molecule is FC1=C(C(F)(F)C(F)(F)C2=C(F)C(F)(F)C(F)(F)C2(F)F)C(F)(F)C(F)(F)C1(F)F. The minimum Gasteiger partial charge on any atom is -0.204 e.